The zero-order valence-electron chi connectivity index (χ0n) is 13.4. The summed E-state index contributed by atoms with van der Waals surface area (Å²) in [6.07, 6.45) is 4.45. The summed E-state index contributed by atoms with van der Waals surface area (Å²) < 4.78 is 12.5. The molecule has 1 aromatic carbocycles. The van der Waals surface area contributed by atoms with Crippen molar-refractivity contribution in [2.75, 3.05) is 19.5 Å². The van der Waals surface area contributed by atoms with Crippen LogP contribution in [0.5, 0.6) is 11.5 Å². The first-order valence-electron chi connectivity index (χ1n) is 7.52. The molecule has 126 valence electrons. The standard InChI is InChI=1S/C15H21ClN4O2S/c1-20-15(17-18-19-20)23-10-6-4-3-5-9-22-14-8-7-12(21-2)11-13(14)16/h7-8,11H,3-6,9-10H2,1-2H3. The summed E-state index contributed by atoms with van der Waals surface area (Å²) in [6.45, 7) is 0.673. The minimum absolute atomic E-state index is 0.582. The van der Waals surface area contributed by atoms with Crippen LogP contribution in [0, 0.1) is 0 Å². The molecule has 0 fully saturated rings. The van der Waals surface area contributed by atoms with Crippen LogP contribution in [0.25, 0.3) is 0 Å². The van der Waals surface area contributed by atoms with Gasteiger partial charge in [0.05, 0.1) is 18.7 Å². The zero-order chi connectivity index (χ0) is 16.5. The molecule has 6 nitrogen and oxygen atoms in total. The summed E-state index contributed by atoms with van der Waals surface area (Å²) in [5.41, 5.74) is 0. The molecule has 0 aliphatic rings. The molecule has 0 amide bonds. The first kappa shape index (κ1) is 17.9. The molecule has 0 radical (unpaired) electrons. The monoisotopic (exact) mass is 356 g/mol. The SMILES string of the molecule is COc1ccc(OCCCCCCSc2nnnn2C)c(Cl)c1. The predicted octanol–water partition coefficient (Wildman–Crippen LogP) is 3.60. The molecule has 0 saturated heterocycles. The normalized spacial score (nSPS) is 10.7. The Kier molecular flexibility index (Phi) is 7.48. The van der Waals surface area contributed by atoms with Crippen LogP contribution in [-0.2, 0) is 7.05 Å². The Bertz CT molecular complexity index is 609. The molecule has 0 atom stereocenters. The van der Waals surface area contributed by atoms with Gasteiger partial charge in [-0.25, -0.2) is 4.68 Å². The molecule has 2 rings (SSSR count). The van der Waals surface area contributed by atoms with Crippen LogP contribution >= 0.6 is 23.4 Å². The Balaban J connectivity index is 1.53. The molecule has 0 aliphatic carbocycles. The van der Waals surface area contributed by atoms with Gasteiger partial charge in [0.25, 0.3) is 0 Å². The van der Waals surface area contributed by atoms with E-state index in [0.29, 0.717) is 17.4 Å². The number of thioether (sulfide) groups is 1. The number of unbranched alkanes of at least 4 members (excludes halogenated alkanes) is 3. The fourth-order valence-electron chi connectivity index (χ4n) is 1.97. The first-order valence-corrected chi connectivity index (χ1v) is 8.88. The highest BCUT2D eigenvalue weighted by atomic mass is 35.5. The Morgan fingerprint density at radius 1 is 1.22 bits per heavy atom. The number of methoxy groups -OCH3 is 1. The number of halogens is 1. The number of aromatic nitrogens is 4. The maximum Gasteiger partial charge on any atom is 0.209 e. The van der Waals surface area contributed by atoms with E-state index in [1.54, 1.807) is 29.6 Å². The van der Waals surface area contributed by atoms with Gasteiger partial charge in [-0.2, -0.15) is 0 Å². The molecule has 0 N–H and O–H groups in total. The van der Waals surface area contributed by atoms with E-state index in [-0.39, 0.29) is 0 Å². The van der Waals surface area contributed by atoms with Crippen LogP contribution in [0.2, 0.25) is 5.02 Å². The van der Waals surface area contributed by atoms with Crippen molar-refractivity contribution in [1.29, 1.82) is 0 Å². The molecule has 8 heteroatoms. The van der Waals surface area contributed by atoms with Crippen molar-refractivity contribution in [3.8, 4) is 11.5 Å². The fraction of sp³-hybridized carbons (Fsp3) is 0.533. The number of ether oxygens (including phenoxy) is 2. The van der Waals surface area contributed by atoms with E-state index in [2.05, 4.69) is 15.5 Å². The Morgan fingerprint density at radius 2 is 2.04 bits per heavy atom. The van der Waals surface area contributed by atoms with E-state index in [9.17, 15) is 0 Å². The highest BCUT2D eigenvalue weighted by Gasteiger charge is 2.04. The second-order valence-electron chi connectivity index (χ2n) is 4.99. The molecule has 23 heavy (non-hydrogen) atoms. The van der Waals surface area contributed by atoms with Crippen LogP contribution in [-0.4, -0.2) is 39.7 Å². The average molecular weight is 357 g/mol. The van der Waals surface area contributed by atoms with E-state index in [1.807, 2.05) is 19.2 Å². The number of nitrogens with zero attached hydrogens (tertiary/aromatic N) is 4. The highest BCUT2D eigenvalue weighted by molar-refractivity contribution is 7.99. The van der Waals surface area contributed by atoms with Crippen molar-refractivity contribution in [3.05, 3.63) is 23.2 Å². The lowest BCUT2D eigenvalue weighted by atomic mass is 10.2. The summed E-state index contributed by atoms with van der Waals surface area (Å²) in [5.74, 6) is 2.47. The third kappa shape index (κ3) is 5.91. The largest absolute Gasteiger partial charge is 0.497 e. The molecule has 0 spiro atoms. The van der Waals surface area contributed by atoms with E-state index in [1.165, 1.54) is 0 Å². The highest BCUT2D eigenvalue weighted by Crippen LogP contribution is 2.28. The van der Waals surface area contributed by atoms with Crippen molar-refractivity contribution in [2.24, 2.45) is 7.05 Å². The number of hydrogen-bond donors (Lipinski definition) is 0. The minimum Gasteiger partial charge on any atom is -0.497 e. The van der Waals surface area contributed by atoms with Crippen LogP contribution in [0.15, 0.2) is 23.4 Å². The van der Waals surface area contributed by atoms with Crippen molar-refractivity contribution < 1.29 is 9.47 Å². The summed E-state index contributed by atoms with van der Waals surface area (Å²) in [7, 11) is 3.47. The lowest BCUT2D eigenvalue weighted by Crippen LogP contribution is -1.98. The summed E-state index contributed by atoms with van der Waals surface area (Å²) in [6, 6.07) is 5.45. The Labute approximate surface area is 145 Å². The predicted molar refractivity (Wildman–Crippen MR) is 91.5 cm³/mol. The third-order valence-corrected chi connectivity index (χ3v) is 4.64. The topological polar surface area (TPSA) is 62.1 Å². The molecule has 0 bridgehead atoms. The van der Waals surface area contributed by atoms with Gasteiger partial charge in [-0.05, 0) is 35.4 Å². The lowest BCUT2D eigenvalue weighted by Gasteiger charge is -2.09. The second kappa shape index (κ2) is 9.62. The van der Waals surface area contributed by atoms with Crippen molar-refractivity contribution in [1.82, 2.24) is 20.2 Å². The van der Waals surface area contributed by atoms with Crippen LogP contribution in [0.1, 0.15) is 25.7 Å². The van der Waals surface area contributed by atoms with Gasteiger partial charge in [-0.3, -0.25) is 0 Å². The molecule has 2 aromatic rings. The lowest BCUT2D eigenvalue weighted by molar-refractivity contribution is 0.304. The second-order valence-corrected chi connectivity index (χ2v) is 6.46. The molecule has 0 aliphatic heterocycles. The van der Waals surface area contributed by atoms with Gasteiger partial charge in [0.15, 0.2) is 0 Å². The zero-order valence-corrected chi connectivity index (χ0v) is 14.9. The Hall–Kier alpha value is -1.47. The van der Waals surface area contributed by atoms with Crippen LogP contribution in [0.3, 0.4) is 0 Å². The van der Waals surface area contributed by atoms with Crippen molar-refractivity contribution >= 4 is 23.4 Å². The maximum absolute atomic E-state index is 6.13. The van der Waals surface area contributed by atoms with Gasteiger partial charge >= 0.3 is 0 Å². The number of aryl methyl sites for hydroxylation is 1. The van der Waals surface area contributed by atoms with E-state index in [4.69, 9.17) is 21.1 Å². The number of benzene rings is 1. The van der Waals surface area contributed by atoms with Crippen molar-refractivity contribution in [2.45, 2.75) is 30.8 Å². The molecule has 1 aromatic heterocycles. The van der Waals surface area contributed by atoms with Gasteiger partial charge in [0, 0.05) is 18.9 Å². The minimum atomic E-state index is 0.582. The first-order chi connectivity index (χ1) is 11.2. The van der Waals surface area contributed by atoms with Crippen molar-refractivity contribution in [3.63, 3.8) is 0 Å². The molecule has 1 heterocycles. The smallest absolute Gasteiger partial charge is 0.209 e. The summed E-state index contributed by atoms with van der Waals surface area (Å²) in [4.78, 5) is 0. The third-order valence-electron chi connectivity index (χ3n) is 3.25. The van der Waals surface area contributed by atoms with E-state index >= 15 is 0 Å². The van der Waals surface area contributed by atoms with Gasteiger partial charge in [0.1, 0.15) is 11.5 Å². The number of rotatable bonds is 10. The fourth-order valence-corrected chi connectivity index (χ4v) is 3.05. The summed E-state index contributed by atoms with van der Waals surface area (Å²) in [5, 5.41) is 12.8. The van der Waals surface area contributed by atoms with Crippen LogP contribution < -0.4 is 9.47 Å². The molecule has 0 saturated carbocycles. The van der Waals surface area contributed by atoms with Crippen LogP contribution in [0.4, 0.5) is 0 Å². The molecular formula is C15H21ClN4O2S. The Morgan fingerprint density at radius 3 is 2.74 bits per heavy atom. The quantitative estimate of drug-likeness (QED) is 0.478. The van der Waals surface area contributed by atoms with Gasteiger partial charge in [0.2, 0.25) is 5.16 Å². The van der Waals surface area contributed by atoms with Gasteiger partial charge in [-0.1, -0.05) is 36.2 Å². The molecular weight excluding hydrogens is 336 g/mol. The molecule has 0 unspecified atom stereocenters. The number of hydrogen-bond acceptors (Lipinski definition) is 6. The maximum atomic E-state index is 6.13. The van der Waals surface area contributed by atoms with E-state index < -0.39 is 0 Å². The average Bonchev–Trinajstić information content (AvgIpc) is 2.96. The van der Waals surface area contributed by atoms with Gasteiger partial charge in [-0.15, -0.1) is 5.10 Å². The van der Waals surface area contributed by atoms with Gasteiger partial charge < -0.3 is 9.47 Å². The summed E-state index contributed by atoms with van der Waals surface area (Å²) >= 11 is 7.81. The van der Waals surface area contributed by atoms with E-state index in [0.717, 1.165) is 42.3 Å². The number of tetrazole rings is 1.